The molecule has 1 aromatic heterocycles. The third-order valence-electron chi connectivity index (χ3n) is 3.87. The summed E-state index contributed by atoms with van der Waals surface area (Å²) in [6, 6.07) is 6.27. The second kappa shape index (κ2) is 10.0. The smallest absolute Gasteiger partial charge is 0.261 e. The van der Waals surface area contributed by atoms with E-state index in [0.29, 0.717) is 18.8 Å². The van der Waals surface area contributed by atoms with Gasteiger partial charge in [0.1, 0.15) is 18.1 Å². The van der Waals surface area contributed by atoms with Crippen LogP contribution < -0.4 is 10.1 Å². The van der Waals surface area contributed by atoms with Crippen LogP contribution in [0.1, 0.15) is 13.8 Å². The molecule has 28 heavy (non-hydrogen) atoms. The summed E-state index contributed by atoms with van der Waals surface area (Å²) >= 11 is 0. The summed E-state index contributed by atoms with van der Waals surface area (Å²) in [5.41, 5.74) is 0.762. The molecule has 148 valence electrons. The Hall–Kier alpha value is -3.49. The van der Waals surface area contributed by atoms with E-state index in [1.807, 2.05) is 0 Å². The molecule has 0 bridgehead atoms. The maximum Gasteiger partial charge on any atom is 0.261 e. The van der Waals surface area contributed by atoms with Gasteiger partial charge in [0, 0.05) is 13.1 Å². The molecule has 0 fully saturated rings. The normalized spacial score (nSPS) is 12.5. The van der Waals surface area contributed by atoms with Gasteiger partial charge in [-0.05, 0) is 48.5 Å². The quantitative estimate of drug-likeness (QED) is 0.616. The molecule has 2 rings (SSSR count). The third kappa shape index (κ3) is 5.50. The first-order valence-electron chi connectivity index (χ1n) is 8.77. The van der Waals surface area contributed by atoms with Gasteiger partial charge in [-0.3, -0.25) is 9.59 Å². The summed E-state index contributed by atoms with van der Waals surface area (Å²) in [6.45, 7) is 11.3. The van der Waals surface area contributed by atoms with Crippen molar-refractivity contribution < 1.29 is 14.3 Å². The Morgan fingerprint density at radius 1 is 1.21 bits per heavy atom. The summed E-state index contributed by atoms with van der Waals surface area (Å²) in [4.78, 5) is 26.4. The molecular weight excluding hydrogens is 360 g/mol. The van der Waals surface area contributed by atoms with Crippen LogP contribution in [0.5, 0.6) is 5.75 Å². The fourth-order valence-electron chi connectivity index (χ4n) is 2.45. The maximum atomic E-state index is 12.4. The number of rotatable bonds is 10. The van der Waals surface area contributed by atoms with Gasteiger partial charge in [-0.15, -0.1) is 18.3 Å². The minimum Gasteiger partial charge on any atom is -0.481 e. The van der Waals surface area contributed by atoms with Gasteiger partial charge in [-0.2, -0.15) is 0 Å². The number of tetrazole rings is 1. The van der Waals surface area contributed by atoms with Crippen LogP contribution in [0.25, 0.3) is 5.69 Å². The van der Waals surface area contributed by atoms with Gasteiger partial charge in [0.05, 0.1) is 5.69 Å². The van der Waals surface area contributed by atoms with Gasteiger partial charge in [0.15, 0.2) is 6.10 Å². The lowest BCUT2D eigenvalue weighted by Gasteiger charge is -2.25. The van der Waals surface area contributed by atoms with Crippen LogP contribution >= 0.6 is 0 Å². The molecule has 2 amide bonds. The van der Waals surface area contributed by atoms with Gasteiger partial charge < -0.3 is 15.0 Å². The van der Waals surface area contributed by atoms with Crippen LogP contribution in [0.15, 0.2) is 55.9 Å². The van der Waals surface area contributed by atoms with Gasteiger partial charge in [0.2, 0.25) is 5.91 Å². The van der Waals surface area contributed by atoms with E-state index in [2.05, 4.69) is 34.0 Å². The molecule has 9 heteroatoms. The molecular formula is C19H24N6O3. The van der Waals surface area contributed by atoms with E-state index in [0.717, 1.165) is 5.69 Å². The Morgan fingerprint density at radius 2 is 1.86 bits per heavy atom. The summed E-state index contributed by atoms with van der Waals surface area (Å²) in [7, 11) is 0. The van der Waals surface area contributed by atoms with Crippen molar-refractivity contribution in [3.05, 3.63) is 55.9 Å². The Labute approximate surface area is 163 Å². The molecule has 1 aromatic carbocycles. The summed E-state index contributed by atoms with van der Waals surface area (Å²) in [6.07, 6.45) is 3.95. The van der Waals surface area contributed by atoms with Crippen molar-refractivity contribution in [3.63, 3.8) is 0 Å². The zero-order chi connectivity index (χ0) is 20.5. The number of hydrogen-bond donors (Lipinski definition) is 1. The molecule has 1 N–H and O–H groups in total. The summed E-state index contributed by atoms with van der Waals surface area (Å²) in [5.74, 6) is -0.0906. The van der Waals surface area contributed by atoms with Gasteiger partial charge >= 0.3 is 0 Å². The maximum absolute atomic E-state index is 12.4. The molecule has 2 unspecified atom stereocenters. The molecule has 0 aliphatic carbocycles. The fraction of sp³-hybridized carbons (Fsp3) is 0.316. The first-order chi connectivity index (χ1) is 13.5. The van der Waals surface area contributed by atoms with Gasteiger partial charge in [-0.1, -0.05) is 12.2 Å². The number of amides is 2. The third-order valence-corrected chi connectivity index (χ3v) is 3.87. The Morgan fingerprint density at radius 3 is 2.39 bits per heavy atom. The van der Waals surface area contributed by atoms with Crippen LogP contribution in [0.3, 0.4) is 0 Å². The highest BCUT2D eigenvalue weighted by atomic mass is 16.5. The molecule has 0 aliphatic heterocycles. The largest absolute Gasteiger partial charge is 0.481 e. The minimum absolute atomic E-state index is 0.217. The minimum atomic E-state index is -0.776. The molecule has 0 radical (unpaired) electrons. The second-order valence-corrected chi connectivity index (χ2v) is 6.06. The van der Waals surface area contributed by atoms with Crippen molar-refractivity contribution in [1.29, 1.82) is 0 Å². The van der Waals surface area contributed by atoms with E-state index in [-0.39, 0.29) is 11.8 Å². The summed E-state index contributed by atoms with van der Waals surface area (Å²) < 4.78 is 7.16. The standard InChI is InChI=1S/C19H24N6O3/c1-5-11-24(12-6-2)19(27)14(3)21-18(26)15(4)28-17-9-7-16(8-10-17)25-13-20-22-23-25/h5-10,13-15H,1-2,11-12H2,3-4H3,(H,21,26). The number of carbonyl (C=O) groups is 2. The number of hydrogen-bond acceptors (Lipinski definition) is 6. The monoisotopic (exact) mass is 384 g/mol. The number of ether oxygens (including phenoxy) is 1. The molecule has 2 aromatic rings. The zero-order valence-corrected chi connectivity index (χ0v) is 16.0. The van der Waals surface area contributed by atoms with Crippen molar-refractivity contribution in [1.82, 2.24) is 30.4 Å². The molecule has 9 nitrogen and oxygen atoms in total. The molecule has 0 saturated carbocycles. The van der Waals surface area contributed by atoms with Crippen molar-refractivity contribution in [3.8, 4) is 11.4 Å². The van der Waals surface area contributed by atoms with Crippen LogP contribution in [-0.2, 0) is 9.59 Å². The van der Waals surface area contributed by atoms with E-state index < -0.39 is 12.1 Å². The van der Waals surface area contributed by atoms with Crippen molar-refractivity contribution >= 4 is 11.8 Å². The van der Waals surface area contributed by atoms with Crippen molar-refractivity contribution in [2.24, 2.45) is 0 Å². The van der Waals surface area contributed by atoms with Crippen molar-refractivity contribution in [2.45, 2.75) is 26.0 Å². The first-order valence-corrected chi connectivity index (χ1v) is 8.77. The van der Waals surface area contributed by atoms with Crippen LogP contribution in [0, 0.1) is 0 Å². The molecule has 1 heterocycles. The lowest BCUT2D eigenvalue weighted by molar-refractivity contribution is -0.137. The molecule has 0 aliphatic rings. The number of aromatic nitrogens is 4. The Balaban J connectivity index is 1.92. The highest BCUT2D eigenvalue weighted by Crippen LogP contribution is 2.15. The number of benzene rings is 1. The Bertz CT molecular complexity index is 794. The van der Waals surface area contributed by atoms with E-state index in [4.69, 9.17) is 4.74 Å². The van der Waals surface area contributed by atoms with Crippen LogP contribution in [0.4, 0.5) is 0 Å². The number of carbonyl (C=O) groups excluding carboxylic acids is 2. The molecule has 2 atom stereocenters. The molecule has 0 spiro atoms. The van der Waals surface area contributed by atoms with E-state index in [9.17, 15) is 9.59 Å². The van der Waals surface area contributed by atoms with Crippen LogP contribution in [0.2, 0.25) is 0 Å². The zero-order valence-electron chi connectivity index (χ0n) is 16.0. The van der Waals surface area contributed by atoms with E-state index >= 15 is 0 Å². The topological polar surface area (TPSA) is 102 Å². The number of nitrogens with zero attached hydrogens (tertiary/aromatic N) is 5. The Kier molecular flexibility index (Phi) is 7.44. The first kappa shape index (κ1) is 20.8. The molecule has 0 saturated heterocycles. The number of nitrogens with one attached hydrogen (secondary N) is 1. The van der Waals surface area contributed by atoms with Crippen molar-refractivity contribution in [2.75, 3.05) is 13.1 Å². The second-order valence-electron chi connectivity index (χ2n) is 6.06. The van der Waals surface area contributed by atoms with Gasteiger partial charge in [0.25, 0.3) is 5.91 Å². The fourth-order valence-corrected chi connectivity index (χ4v) is 2.45. The van der Waals surface area contributed by atoms with Crippen LogP contribution in [-0.4, -0.2) is 62.2 Å². The lowest BCUT2D eigenvalue weighted by Crippen LogP contribution is -2.50. The average molecular weight is 384 g/mol. The van der Waals surface area contributed by atoms with Gasteiger partial charge in [-0.25, -0.2) is 4.68 Å². The van der Waals surface area contributed by atoms with E-state index in [1.54, 1.807) is 55.2 Å². The lowest BCUT2D eigenvalue weighted by atomic mass is 10.2. The average Bonchev–Trinajstić information content (AvgIpc) is 3.22. The SMILES string of the molecule is C=CCN(CC=C)C(=O)C(C)NC(=O)C(C)Oc1ccc(-n2cnnn2)cc1. The highest BCUT2D eigenvalue weighted by molar-refractivity contribution is 5.89. The predicted molar refractivity (Wildman–Crippen MR) is 104 cm³/mol. The predicted octanol–water partition coefficient (Wildman–Crippen LogP) is 1.13. The highest BCUT2D eigenvalue weighted by Gasteiger charge is 2.23. The van der Waals surface area contributed by atoms with E-state index in [1.165, 1.54) is 11.0 Å². The summed E-state index contributed by atoms with van der Waals surface area (Å²) in [5, 5.41) is 13.6.